The largest absolute Gasteiger partial charge is 0.383 e. The van der Waals surface area contributed by atoms with Gasteiger partial charge in [0.15, 0.2) is 0 Å². The molecule has 0 bridgehead atoms. The van der Waals surface area contributed by atoms with Gasteiger partial charge in [0.1, 0.15) is 5.82 Å². The summed E-state index contributed by atoms with van der Waals surface area (Å²) in [5, 5.41) is 0. The van der Waals surface area contributed by atoms with E-state index in [1.54, 1.807) is 17.5 Å². The van der Waals surface area contributed by atoms with Crippen molar-refractivity contribution in [1.29, 1.82) is 0 Å². The second-order valence-electron chi connectivity index (χ2n) is 3.09. The van der Waals surface area contributed by atoms with Crippen LogP contribution in [-0.4, -0.2) is 9.97 Å². The Kier molecular flexibility index (Phi) is 2.45. The molecule has 0 amide bonds. The number of hydrogen-bond acceptors (Lipinski definition) is 4. The Balaban J connectivity index is 2.28. The van der Waals surface area contributed by atoms with Crippen molar-refractivity contribution in [2.24, 2.45) is 0 Å². The standard InChI is InChI=1S/C10H11N3S/c1-7-9(14-6-13-7)5-8-3-2-4-12-10(8)11/h2-4,6H,5H2,1H3,(H2,11,12). The smallest absolute Gasteiger partial charge is 0.126 e. The normalized spacial score (nSPS) is 10.4. The highest BCUT2D eigenvalue weighted by Crippen LogP contribution is 2.19. The minimum atomic E-state index is 0.611. The average molecular weight is 205 g/mol. The first-order chi connectivity index (χ1) is 6.77. The van der Waals surface area contributed by atoms with E-state index in [0.29, 0.717) is 5.82 Å². The first-order valence-corrected chi connectivity index (χ1v) is 5.23. The average Bonchev–Trinajstić information content (AvgIpc) is 2.56. The molecule has 3 nitrogen and oxygen atoms in total. The molecule has 2 rings (SSSR count). The lowest BCUT2D eigenvalue weighted by Gasteiger charge is -2.02. The Labute approximate surface area is 86.6 Å². The van der Waals surface area contributed by atoms with Crippen molar-refractivity contribution in [3.8, 4) is 0 Å². The van der Waals surface area contributed by atoms with E-state index in [0.717, 1.165) is 17.7 Å². The van der Waals surface area contributed by atoms with Gasteiger partial charge in [0.05, 0.1) is 11.2 Å². The predicted octanol–water partition coefficient (Wildman–Crippen LogP) is 2.02. The third-order valence-corrected chi connectivity index (χ3v) is 3.06. The van der Waals surface area contributed by atoms with Gasteiger partial charge in [0.2, 0.25) is 0 Å². The topological polar surface area (TPSA) is 51.8 Å². The van der Waals surface area contributed by atoms with Gasteiger partial charge in [-0.3, -0.25) is 0 Å². The van der Waals surface area contributed by atoms with Gasteiger partial charge in [-0.1, -0.05) is 6.07 Å². The molecule has 4 heteroatoms. The van der Waals surface area contributed by atoms with Gasteiger partial charge in [-0.2, -0.15) is 0 Å². The number of nitrogen functional groups attached to an aromatic ring is 1. The summed E-state index contributed by atoms with van der Waals surface area (Å²) in [4.78, 5) is 9.51. The second kappa shape index (κ2) is 3.75. The first-order valence-electron chi connectivity index (χ1n) is 4.35. The number of pyridine rings is 1. The van der Waals surface area contributed by atoms with E-state index in [2.05, 4.69) is 9.97 Å². The minimum absolute atomic E-state index is 0.611. The lowest BCUT2D eigenvalue weighted by molar-refractivity contribution is 1.13. The SMILES string of the molecule is Cc1ncsc1Cc1cccnc1N. The summed E-state index contributed by atoms with van der Waals surface area (Å²) in [5.74, 6) is 0.611. The van der Waals surface area contributed by atoms with E-state index in [1.807, 2.05) is 24.6 Å². The van der Waals surface area contributed by atoms with Gasteiger partial charge in [-0.05, 0) is 18.6 Å². The second-order valence-corrected chi connectivity index (χ2v) is 4.02. The van der Waals surface area contributed by atoms with Crippen molar-refractivity contribution in [1.82, 2.24) is 9.97 Å². The van der Waals surface area contributed by atoms with Crippen LogP contribution in [0.3, 0.4) is 0 Å². The lowest BCUT2D eigenvalue weighted by Crippen LogP contribution is -1.97. The van der Waals surface area contributed by atoms with Gasteiger partial charge in [-0.25, -0.2) is 9.97 Å². The Bertz CT molecular complexity index is 436. The van der Waals surface area contributed by atoms with Crippen LogP contribution in [0.1, 0.15) is 16.1 Å². The lowest BCUT2D eigenvalue weighted by atomic mass is 10.1. The van der Waals surface area contributed by atoms with E-state index in [-0.39, 0.29) is 0 Å². The van der Waals surface area contributed by atoms with Crippen LogP contribution in [0.4, 0.5) is 5.82 Å². The molecule has 0 spiro atoms. The number of aromatic nitrogens is 2. The Morgan fingerprint density at radius 1 is 1.43 bits per heavy atom. The van der Waals surface area contributed by atoms with Crippen molar-refractivity contribution in [3.05, 3.63) is 40.0 Å². The summed E-state index contributed by atoms with van der Waals surface area (Å²) >= 11 is 1.66. The predicted molar refractivity (Wildman–Crippen MR) is 58.3 cm³/mol. The van der Waals surface area contributed by atoms with Gasteiger partial charge in [0.25, 0.3) is 0 Å². The van der Waals surface area contributed by atoms with Crippen molar-refractivity contribution in [3.63, 3.8) is 0 Å². The summed E-state index contributed by atoms with van der Waals surface area (Å²) < 4.78 is 0. The van der Waals surface area contributed by atoms with Crippen molar-refractivity contribution >= 4 is 17.2 Å². The quantitative estimate of drug-likeness (QED) is 0.816. The molecule has 72 valence electrons. The number of aryl methyl sites for hydroxylation is 1. The number of nitrogens with two attached hydrogens (primary N) is 1. The fraction of sp³-hybridized carbons (Fsp3) is 0.200. The molecule has 2 heterocycles. The maximum atomic E-state index is 5.76. The summed E-state index contributed by atoms with van der Waals surface area (Å²) in [6.07, 6.45) is 2.54. The van der Waals surface area contributed by atoms with E-state index in [9.17, 15) is 0 Å². The highest BCUT2D eigenvalue weighted by atomic mass is 32.1. The van der Waals surface area contributed by atoms with Gasteiger partial charge < -0.3 is 5.73 Å². The van der Waals surface area contributed by atoms with Crippen LogP contribution >= 0.6 is 11.3 Å². The zero-order chi connectivity index (χ0) is 9.97. The summed E-state index contributed by atoms with van der Waals surface area (Å²) in [6, 6.07) is 3.91. The van der Waals surface area contributed by atoms with Crippen molar-refractivity contribution < 1.29 is 0 Å². The maximum Gasteiger partial charge on any atom is 0.126 e. The highest BCUT2D eigenvalue weighted by molar-refractivity contribution is 7.09. The van der Waals surface area contributed by atoms with E-state index in [1.165, 1.54) is 4.88 Å². The fourth-order valence-corrected chi connectivity index (χ4v) is 2.07. The molecular weight excluding hydrogens is 194 g/mol. The Morgan fingerprint density at radius 2 is 2.29 bits per heavy atom. The number of hydrogen-bond donors (Lipinski definition) is 1. The zero-order valence-electron chi connectivity index (χ0n) is 7.90. The summed E-state index contributed by atoms with van der Waals surface area (Å²) in [5.41, 5.74) is 9.77. The number of anilines is 1. The molecule has 2 N–H and O–H groups in total. The minimum Gasteiger partial charge on any atom is -0.383 e. The monoisotopic (exact) mass is 205 g/mol. The molecule has 0 fully saturated rings. The van der Waals surface area contributed by atoms with Crippen LogP contribution in [-0.2, 0) is 6.42 Å². The molecule has 0 aliphatic carbocycles. The van der Waals surface area contributed by atoms with Gasteiger partial charge in [0, 0.05) is 17.5 Å². The summed E-state index contributed by atoms with van der Waals surface area (Å²) in [7, 11) is 0. The molecule has 14 heavy (non-hydrogen) atoms. The third kappa shape index (κ3) is 1.75. The first kappa shape index (κ1) is 9.15. The molecule has 0 aromatic carbocycles. The van der Waals surface area contributed by atoms with Gasteiger partial charge >= 0.3 is 0 Å². The molecule has 0 unspecified atom stereocenters. The highest BCUT2D eigenvalue weighted by Gasteiger charge is 2.05. The molecule has 2 aromatic rings. The Morgan fingerprint density at radius 3 is 2.93 bits per heavy atom. The summed E-state index contributed by atoms with van der Waals surface area (Å²) in [6.45, 7) is 2.01. The number of nitrogens with zero attached hydrogens (tertiary/aromatic N) is 2. The van der Waals surface area contributed by atoms with Crippen molar-refractivity contribution in [2.75, 3.05) is 5.73 Å². The molecule has 0 atom stereocenters. The van der Waals surface area contributed by atoms with E-state index < -0.39 is 0 Å². The van der Waals surface area contributed by atoms with Crippen LogP contribution < -0.4 is 5.73 Å². The van der Waals surface area contributed by atoms with E-state index in [4.69, 9.17) is 5.73 Å². The van der Waals surface area contributed by atoms with Crippen LogP contribution in [0.15, 0.2) is 23.8 Å². The number of thiazole rings is 1. The fourth-order valence-electron chi connectivity index (χ4n) is 1.27. The van der Waals surface area contributed by atoms with Crippen LogP contribution in [0.25, 0.3) is 0 Å². The molecule has 0 aliphatic rings. The van der Waals surface area contributed by atoms with Crippen LogP contribution in [0.5, 0.6) is 0 Å². The molecule has 0 saturated carbocycles. The molecule has 0 saturated heterocycles. The zero-order valence-corrected chi connectivity index (χ0v) is 8.71. The van der Waals surface area contributed by atoms with Crippen LogP contribution in [0, 0.1) is 6.92 Å². The van der Waals surface area contributed by atoms with E-state index >= 15 is 0 Å². The van der Waals surface area contributed by atoms with Crippen molar-refractivity contribution in [2.45, 2.75) is 13.3 Å². The third-order valence-electron chi connectivity index (χ3n) is 2.12. The van der Waals surface area contributed by atoms with Crippen LogP contribution in [0.2, 0.25) is 0 Å². The Hall–Kier alpha value is -1.42. The molecule has 0 radical (unpaired) electrons. The number of rotatable bonds is 2. The van der Waals surface area contributed by atoms with Gasteiger partial charge in [-0.15, -0.1) is 11.3 Å². The molecule has 2 aromatic heterocycles. The molecule has 0 aliphatic heterocycles. The molecular formula is C10H11N3S. The maximum absolute atomic E-state index is 5.76.